The summed E-state index contributed by atoms with van der Waals surface area (Å²) >= 11 is 0. The van der Waals surface area contributed by atoms with Crippen LogP contribution in [0.4, 0.5) is 0 Å². The Kier molecular flexibility index (Phi) is 4.45. The van der Waals surface area contributed by atoms with Crippen LogP contribution in [-0.4, -0.2) is 25.0 Å². The number of carbonyl (C=O) groups excluding carboxylic acids is 2. The van der Waals surface area contributed by atoms with E-state index in [-0.39, 0.29) is 12.5 Å². The van der Waals surface area contributed by atoms with Gasteiger partial charge in [-0.2, -0.15) is 0 Å². The third kappa shape index (κ3) is 5.22. The van der Waals surface area contributed by atoms with Gasteiger partial charge in [0.1, 0.15) is 6.54 Å². The third-order valence-corrected chi connectivity index (χ3v) is 1.38. The molecule has 0 aromatic rings. The molecule has 0 atom stereocenters. The standard InChI is InChI=1S/C9H17NO3/c1-5-13-7(11)6-10-8(12)9(2,3)4/h5-6H2,1-4H3,(H,10,12). The van der Waals surface area contributed by atoms with Crippen LogP contribution in [0.1, 0.15) is 27.7 Å². The van der Waals surface area contributed by atoms with E-state index in [0.29, 0.717) is 6.61 Å². The van der Waals surface area contributed by atoms with Crippen molar-refractivity contribution in [3.8, 4) is 0 Å². The van der Waals surface area contributed by atoms with Gasteiger partial charge < -0.3 is 10.1 Å². The van der Waals surface area contributed by atoms with E-state index in [4.69, 9.17) is 0 Å². The number of hydrogen-bond donors (Lipinski definition) is 1. The minimum absolute atomic E-state index is 0.0516. The zero-order valence-corrected chi connectivity index (χ0v) is 8.64. The van der Waals surface area contributed by atoms with Crippen molar-refractivity contribution < 1.29 is 14.3 Å². The van der Waals surface area contributed by atoms with Crippen LogP contribution < -0.4 is 5.32 Å². The Labute approximate surface area is 78.6 Å². The first-order valence-corrected chi connectivity index (χ1v) is 4.32. The van der Waals surface area contributed by atoms with Crippen LogP contribution in [0, 0.1) is 5.41 Å². The zero-order valence-electron chi connectivity index (χ0n) is 8.64. The van der Waals surface area contributed by atoms with E-state index >= 15 is 0 Å². The molecule has 1 N–H and O–H groups in total. The summed E-state index contributed by atoms with van der Waals surface area (Å²) in [4.78, 5) is 22.1. The first kappa shape index (κ1) is 11.9. The molecule has 0 heterocycles. The lowest BCUT2D eigenvalue weighted by Crippen LogP contribution is -2.38. The van der Waals surface area contributed by atoms with Gasteiger partial charge in [-0.15, -0.1) is 0 Å². The van der Waals surface area contributed by atoms with E-state index in [1.165, 1.54) is 0 Å². The Morgan fingerprint density at radius 3 is 2.23 bits per heavy atom. The second-order valence-electron chi connectivity index (χ2n) is 3.74. The second kappa shape index (κ2) is 4.84. The number of hydrogen-bond acceptors (Lipinski definition) is 3. The molecule has 0 unspecified atom stereocenters. The summed E-state index contributed by atoms with van der Waals surface area (Å²) in [6.45, 7) is 7.37. The van der Waals surface area contributed by atoms with Crippen LogP contribution in [-0.2, 0) is 14.3 Å². The molecule has 0 aliphatic rings. The number of amides is 1. The molecule has 0 aromatic heterocycles. The van der Waals surface area contributed by atoms with Gasteiger partial charge in [0.25, 0.3) is 0 Å². The Balaban J connectivity index is 3.77. The molecule has 4 heteroatoms. The number of nitrogens with one attached hydrogen (secondary N) is 1. The lowest BCUT2D eigenvalue weighted by Gasteiger charge is -2.16. The van der Waals surface area contributed by atoms with Crippen molar-refractivity contribution in [1.29, 1.82) is 0 Å². The first-order chi connectivity index (χ1) is 5.88. The van der Waals surface area contributed by atoms with E-state index in [9.17, 15) is 9.59 Å². The maximum Gasteiger partial charge on any atom is 0.325 e. The molecule has 0 aliphatic carbocycles. The highest BCUT2D eigenvalue weighted by molar-refractivity contribution is 5.85. The molecule has 13 heavy (non-hydrogen) atoms. The van der Waals surface area contributed by atoms with Gasteiger partial charge in [-0.05, 0) is 6.92 Å². The highest BCUT2D eigenvalue weighted by Gasteiger charge is 2.21. The van der Waals surface area contributed by atoms with Crippen molar-refractivity contribution in [3.63, 3.8) is 0 Å². The molecule has 1 amide bonds. The van der Waals surface area contributed by atoms with Crippen LogP contribution in [0.2, 0.25) is 0 Å². The van der Waals surface area contributed by atoms with Gasteiger partial charge in [-0.3, -0.25) is 9.59 Å². The Morgan fingerprint density at radius 1 is 1.31 bits per heavy atom. The van der Waals surface area contributed by atoms with Gasteiger partial charge in [-0.1, -0.05) is 20.8 Å². The fraction of sp³-hybridized carbons (Fsp3) is 0.778. The monoisotopic (exact) mass is 187 g/mol. The van der Waals surface area contributed by atoms with Crippen molar-refractivity contribution in [2.45, 2.75) is 27.7 Å². The number of esters is 1. The Morgan fingerprint density at radius 2 is 1.85 bits per heavy atom. The Hall–Kier alpha value is -1.06. The molecule has 0 saturated carbocycles. The highest BCUT2D eigenvalue weighted by Crippen LogP contribution is 2.11. The molecular weight excluding hydrogens is 170 g/mol. The summed E-state index contributed by atoms with van der Waals surface area (Å²) in [5, 5.41) is 2.49. The van der Waals surface area contributed by atoms with Gasteiger partial charge in [-0.25, -0.2) is 0 Å². The van der Waals surface area contributed by atoms with Gasteiger partial charge in [0.15, 0.2) is 0 Å². The van der Waals surface area contributed by atoms with Crippen molar-refractivity contribution in [1.82, 2.24) is 5.32 Å². The van der Waals surface area contributed by atoms with Crippen LogP contribution >= 0.6 is 0 Å². The van der Waals surface area contributed by atoms with Crippen LogP contribution in [0.15, 0.2) is 0 Å². The minimum atomic E-state index is -0.466. The van der Waals surface area contributed by atoms with Gasteiger partial charge in [0.2, 0.25) is 5.91 Å². The van der Waals surface area contributed by atoms with Gasteiger partial charge in [0, 0.05) is 5.41 Å². The van der Waals surface area contributed by atoms with Gasteiger partial charge >= 0.3 is 5.97 Å². The first-order valence-electron chi connectivity index (χ1n) is 4.32. The average molecular weight is 187 g/mol. The van der Waals surface area contributed by atoms with E-state index < -0.39 is 11.4 Å². The van der Waals surface area contributed by atoms with Crippen LogP contribution in [0.25, 0.3) is 0 Å². The maximum absolute atomic E-state index is 11.3. The zero-order chi connectivity index (χ0) is 10.5. The largest absolute Gasteiger partial charge is 0.465 e. The predicted octanol–water partition coefficient (Wildman–Crippen LogP) is 0.712. The molecule has 0 bridgehead atoms. The topological polar surface area (TPSA) is 55.4 Å². The molecular formula is C9H17NO3. The lowest BCUT2D eigenvalue weighted by atomic mass is 9.96. The summed E-state index contributed by atoms with van der Waals surface area (Å²) in [6.07, 6.45) is 0. The summed E-state index contributed by atoms with van der Waals surface area (Å²) in [5.74, 6) is -0.555. The summed E-state index contributed by atoms with van der Waals surface area (Å²) in [6, 6.07) is 0. The van der Waals surface area contributed by atoms with Crippen molar-refractivity contribution in [3.05, 3.63) is 0 Å². The molecule has 0 fully saturated rings. The van der Waals surface area contributed by atoms with E-state index in [1.54, 1.807) is 27.7 Å². The third-order valence-electron chi connectivity index (χ3n) is 1.38. The molecule has 0 saturated heterocycles. The van der Waals surface area contributed by atoms with E-state index in [1.807, 2.05) is 0 Å². The molecule has 4 nitrogen and oxygen atoms in total. The molecule has 0 radical (unpaired) electrons. The molecule has 76 valence electrons. The maximum atomic E-state index is 11.3. The fourth-order valence-corrected chi connectivity index (χ4v) is 0.630. The van der Waals surface area contributed by atoms with Gasteiger partial charge in [0.05, 0.1) is 6.61 Å². The minimum Gasteiger partial charge on any atom is -0.465 e. The normalized spacial score (nSPS) is 10.8. The summed E-state index contributed by atoms with van der Waals surface area (Å²) in [5.41, 5.74) is -0.466. The SMILES string of the molecule is CCOC(=O)CNC(=O)C(C)(C)C. The smallest absolute Gasteiger partial charge is 0.325 e. The lowest BCUT2D eigenvalue weighted by molar-refractivity contribution is -0.144. The van der Waals surface area contributed by atoms with Crippen molar-refractivity contribution in [2.75, 3.05) is 13.2 Å². The molecule has 0 rings (SSSR count). The fourth-order valence-electron chi connectivity index (χ4n) is 0.630. The summed E-state index contributed by atoms with van der Waals surface area (Å²) < 4.78 is 4.65. The molecule has 0 aliphatic heterocycles. The van der Waals surface area contributed by atoms with Crippen molar-refractivity contribution >= 4 is 11.9 Å². The second-order valence-corrected chi connectivity index (χ2v) is 3.74. The number of rotatable bonds is 3. The quantitative estimate of drug-likeness (QED) is 0.662. The summed E-state index contributed by atoms with van der Waals surface area (Å²) in [7, 11) is 0. The predicted molar refractivity (Wildman–Crippen MR) is 49.1 cm³/mol. The molecule has 0 spiro atoms. The van der Waals surface area contributed by atoms with Crippen LogP contribution in [0.3, 0.4) is 0 Å². The van der Waals surface area contributed by atoms with Crippen LogP contribution in [0.5, 0.6) is 0 Å². The van der Waals surface area contributed by atoms with E-state index in [0.717, 1.165) is 0 Å². The average Bonchev–Trinajstić information content (AvgIpc) is 1.99. The Bertz CT molecular complexity index is 194. The number of carbonyl (C=O) groups is 2. The highest BCUT2D eigenvalue weighted by atomic mass is 16.5. The molecule has 0 aromatic carbocycles. The van der Waals surface area contributed by atoms with E-state index in [2.05, 4.69) is 10.1 Å². The number of ether oxygens (including phenoxy) is 1. The van der Waals surface area contributed by atoms with Crippen molar-refractivity contribution in [2.24, 2.45) is 5.41 Å².